The number of nitrogens with zero attached hydrogens (tertiary/aromatic N) is 2. The molecule has 1 aliphatic heterocycles. The fourth-order valence-corrected chi connectivity index (χ4v) is 1.47. The van der Waals surface area contributed by atoms with E-state index in [2.05, 4.69) is 10.1 Å². The number of aliphatic hydroxyl groups excluding tert-OH is 1. The van der Waals surface area contributed by atoms with Gasteiger partial charge < -0.3 is 16.0 Å². The van der Waals surface area contributed by atoms with Gasteiger partial charge in [0.2, 0.25) is 0 Å². The lowest BCUT2D eigenvalue weighted by atomic mass is 10.1. The number of nitrogens with two attached hydrogens (primary N) is 1. The van der Waals surface area contributed by atoms with E-state index in [0.717, 1.165) is 19.5 Å². The topological polar surface area (TPSA) is 82.1 Å². The van der Waals surface area contributed by atoms with E-state index in [9.17, 15) is 0 Å². The molecule has 0 aromatic heterocycles. The summed E-state index contributed by atoms with van der Waals surface area (Å²) in [5.74, 6) is 0.588. The van der Waals surface area contributed by atoms with Crippen molar-refractivity contribution in [1.29, 1.82) is 0 Å². The minimum absolute atomic E-state index is 0.229. The summed E-state index contributed by atoms with van der Waals surface area (Å²) in [5, 5.41) is 20.0. The van der Waals surface area contributed by atoms with Crippen molar-refractivity contribution in [2.45, 2.75) is 6.42 Å². The number of oxime groups is 1. The number of aliphatic hydroxyl groups is 1. The molecular formula is C7H15N3O2. The Balaban J connectivity index is 2.28. The quantitative estimate of drug-likeness (QED) is 0.222. The van der Waals surface area contributed by atoms with Gasteiger partial charge in [0.25, 0.3) is 0 Å². The van der Waals surface area contributed by atoms with E-state index in [-0.39, 0.29) is 12.4 Å². The van der Waals surface area contributed by atoms with Crippen molar-refractivity contribution in [3.8, 4) is 0 Å². The van der Waals surface area contributed by atoms with Gasteiger partial charge in [0.05, 0.1) is 6.54 Å². The van der Waals surface area contributed by atoms with E-state index in [1.54, 1.807) is 0 Å². The molecule has 4 N–H and O–H groups in total. The van der Waals surface area contributed by atoms with Crippen LogP contribution in [0.1, 0.15) is 6.42 Å². The van der Waals surface area contributed by atoms with Crippen LogP contribution in [0, 0.1) is 5.92 Å². The molecule has 1 atom stereocenters. The van der Waals surface area contributed by atoms with Crippen LogP contribution in [-0.2, 0) is 0 Å². The van der Waals surface area contributed by atoms with E-state index in [0.29, 0.717) is 12.5 Å². The van der Waals surface area contributed by atoms with Crippen LogP contribution in [0.3, 0.4) is 0 Å². The molecule has 1 heterocycles. The van der Waals surface area contributed by atoms with Crippen LogP contribution in [0.2, 0.25) is 0 Å². The minimum atomic E-state index is 0.229. The van der Waals surface area contributed by atoms with Gasteiger partial charge in [-0.15, -0.1) is 0 Å². The number of rotatable bonds is 3. The van der Waals surface area contributed by atoms with Gasteiger partial charge in [-0.2, -0.15) is 0 Å². The molecule has 0 aromatic rings. The smallest absolute Gasteiger partial charge is 0.153 e. The van der Waals surface area contributed by atoms with Gasteiger partial charge in [0.15, 0.2) is 5.84 Å². The molecule has 0 radical (unpaired) electrons. The molecule has 5 nitrogen and oxygen atoms in total. The van der Waals surface area contributed by atoms with E-state index in [4.69, 9.17) is 16.0 Å². The van der Waals surface area contributed by atoms with Crippen molar-refractivity contribution >= 4 is 5.84 Å². The average Bonchev–Trinajstić information content (AvgIpc) is 2.52. The first-order valence-electron chi connectivity index (χ1n) is 4.06. The summed E-state index contributed by atoms with van der Waals surface area (Å²) in [6.45, 7) is 2.48. The second kappa shape index (κ2) is 4.27. The summed E-state index contributed by atoms with van der Waals surface area (Å²) < 4.78 is 0. The Kier molecular flexibility index (Phi) is 3.31. The highest BCUT2D eigenvalue weighted by Gasteiger charge is 2.21. The predicted octanol–water partition coefficient (Wildman–Crippen LogP) is -0.953. The van der Waals surface area contributed by atoms with E-state index >= 15 is 0 Å². The zero-order valence-corrected chi connectivity index (χ0v) is 6.98. The molecule has 1 aliphatic rings. The van der Waals surface area contributed by atoms with Gasteiger partial charge in [-0.25, -0.2) is 0 Å². The van der Waals surface area contributed by atoms with Crippen LogP contribution >= 0.6 is 0 Å². The van der Waals surface area contributed by atoms with Gasteiger partial charge in [-0.05, 0) is 18.9 Å². The van der Waals surface area contributed by atoms with Crippen molar-refractivity contribution in [2.75, 3.05) is 26.2 Å². The van der Waals surface area contributed by atoms with Gasteiger partial charge in [0.1, 0.15) is 0 Å². The predicted molar refractivity (Wildman–Crippen MR) is 45.0 cm³/mol. The number of amidine groups is 1. The monoisotopic (exact) mass is 173 g/mol. The van der Waals surface area contributed by atoms with Gasteiger partial charge in [-0.3, -0.25) is 4.90 Å². The second-order valence-corrected chi connectivity index (χ2v) is 3.16. The molecule has 1 saturated heterocycles. The van der Waals surface area contributed by atoms with Crippen molar-refractivity contribution in [3.05, 3.63) is 0 Å². The fourth-order valence-electron chi connectivity index (χ4n) is 1.47. The molecule has 5 heteroatoms. The summed E-state index contributed by atoms with van der Waals surface area (Å²) in [6, 6.07) is 0. The number of hydrogen-bond donors (Lipinski definition) is 3. The fraction of sp³-hybridized carbons (Fsp3) is 0.857. The lowest BCUT2D eigenvalue weighted by Gasteiger charge is -2.13. The highest BCUT2D eigenvalue weighted by Crippen LogP contribution is 2.14. The summed E-state index contributed by atoms with van der Waals surface area (Å²) in [7, 11) is 0. The zero-order chi connectivity index (χ0) is 8.97. The molecular weight excluding hydrogens is 158 g/mol. The van der Waals surface area contributed by atoms with Gasteiger partial charge in [-0.1, -0.05) is 5.16 Å². The Bertz CT molecular complexity index is 172. The number of likely N-dealkylation sites (tertiary alicyclic amines) is 1. The average molecular weight is 173 g/mol. The van der Waals surface area contributed by atoms with Crippen molar-refractivity contribution in [3.63, 3.8) is 0 Å². The largest absolute Gasteiger partial charge is 0.409 e. The normalized spacial score (nSPS) is 26.4. The Morgan fingerprint density at radius 3 is 2.92 bits per heavy atom. The maximum Gasteiger partial charge on any atom is 0.153 e. The van der Waals surface area contributed by atoms with Crippen LogP contribution in [0.4, 0.5) is 0 Å². The minimum Gasteiger partial charge on any atom is -0.409 e. The molecule has 0 spiro atoms. The van der Waals surface area contributed by atoms with E-state index in [1.807, 2.05) is 0 Å². The third kappa shape index (κ3) is 2.35. The lowest BCUT2D eigenvalue weighted by molar-refractivity contribution is 0.225. The van der Waals surface area contributed by atoms with Crippen molar-refractivity contribution in [1.82, 2.24) is 4.90 Å². The van der Waals surface area contributed by atoms with E-state index in [1.165, 1.54) is 0 Å². The third-order valence-electron chi connectivity index (χ3n) is 2.14. The molecule has 1 rings (SSSR count). The Hall–Kier alpha value is -0.810. The van der Waals surface area contributed by atoms with Crippen LogP contribution < -0.4 is 5.73 Å². The Labute approximate surface area is 71.5 Å². The van der Waals surface area contributed by atoms with E-state index < -0.39 is 0 Å². The van der Waals surface area contributed by atoms with Crippen LogP contribution in [0.15, 0.2) is 5.16 Å². The summed E-state index contributed by atoms with van der Waals surface area (Å²) in [6.07, 6.45) is 0.995. The third-order valence-corrected chi connectivity index (χ3v) is 2.14. The maximum absolute atomic E-state index is 8.84. The molecule has 0 amide bonds. The molecule has 0 aromatic carbocycles. The van der Waals surface area contributed by atoms with Crippen molar-refractivity contribution < 1.29 is 10.3 Å². The second-order valence-electron chi connectivity index (χ2n) is 3.16. The Morgan fingerprint density at radius 2 is 2.42 bits per heavy atom. The van der Waals surface area contributed by atoms with Crippen LogP contribution in [0.5, 0.6) is 0 Å². The SMILES string of the molecule is N/C(CN1CC[C@H](CO)C1)=N/O. The van der Waals surface area contributed by atoms with Crippen LogP contribution in [0.25, 0.3) is 0 Å². The first kappa shape index (κ1) is 9.28. The summed E-state index contributed by atoms with van der Waals surface area (Å²) in [4.78, 5) is 2.07. The summed E-state index contributed by atoms with van der Waals surface area (Å²) >= 11 is 0. The standard InChI is InChI=1S/C7H15N3O2/c8-7(9-12)4-10-2-1-6(3-10)5-11/h6,11-12H,1-5H2,(H2,8,9)/t6-/m0/s1. The summed E-state index contributed by atoms with van der Waals surface area (Å²) in [5.41, 5.74) is 5.34. The molecule has 0 bridgehead atoms. The molecule has 0 aliphatic carbocycles. The highest BCUT2D eigenvalue weighted by atomic mass is 16.4. The van der Waals surface area contributed by atoms with Gasteiger partial charge >= 0.3 is 0 Å². The highest BCUT2D eigenvalue weighted by molar-refractivity contribution is 5.81. The zero-order valence-electron chi connectivity index (χ0n) is 6.98. The first-order chi connectivity index (χ1) is 5.76. The van der Waals surface area contributed by atoms with Gasteiger partial charge in [0, 0.05) is 13.2 Å². The first-order valence-corrected chi connectivity index (χ1v) is 4.06. The number of hydrogen-bond acceptors (Lipinski definition) is 4. The maximum atomic E-state index is 8.84. The van der Waals surface area contributed by atoms with Crippen molar-refractivity contribution in [2.24, 2.45) is 16.8 Å². The molecule has 70 valence electrons. The van der Waals surface area contributed by atoms with Crippen LogP contribution in [-0.4, -0.2) is 47.3 Å². The molecule has 0 unspecified atom stereocenters. The molecule has 12 heavy (non-hydrogen) atoms. The lowest BCUT2D eigenvalue weighted by Crippen LogP contribution is -2.32. The Morgan fingerprint density at radius 1 is 1.67 bits per heavy atom. The molecule has 0 saturated carbocycles. The molecule has 1 fully saturated rings.